The van der Waals surface area contributed by atoms with E-state index in [9.17, 15) is 0 Å². The Hall–Kier alpha value is -5.49. The van der Waals surface area contributed by atoms with Crippen LogP contribution in [0.25, 0.3) is 65.0 Å². The van der Waals surface area contributed by atoms with Crippen LogP contribution in [0.5, 0.6) is 0 Å². The number of fused-ring (bicyclic) bond motifs is 9. The lowest BCUT2D eigenvalue weighted by atomic mass is 9.86. The van der Waals surface area contributed by atoms with Crippen molar-refractivity contribution in [1.29, 1.82) is 0 Å². The van der Waals surface area contributed by atoms with Gasteiger partial charge in [-0.1, -0.05) is 164 Å². The molecule has 0 aromatic heterocycles. The lowest BCUT2D eigenvalue weighted by Crippen LogP contribution is -2.25. The number of hydrogen-bond donors (Lipinski definition) is 0. The van der Waals surface area contributed by atoms with E-state index in [1.807, 2.05) is 60.7 Å². The van der Waals surface area contributed by atoms with Gasteiger partial charge in [0.05, 0.1) is 0 Å². The predicted octanol–water partition coefficient (Wildman–Crippen LogP) is 10.8. The fourth-order valence-corrected chi connectivity index (χ4v) is 10.3. The van der Waals surface area contributed by atoms with Crippen LogP contribution in [0, 0.1) is 0 Å². The van der Waals surface area contributed by atoms with Gasteiger partial charge in [0.25, 0.3) is 0 Å². The average molecular weight is 605 g/mol. The van der Waals surface area contributed by atoms with E-state index in [2.05, 4.69) is 115 Å². The summed E-state index contributed by atoms with van der Waals surface area (Å²) in [5.41, 5.74) is 2.32. The highest BCUT2D eigenvalue weighted by Gasteiger charge is 2.31. The van der Waals surface area contributed by atoms with Crippen molar-refractivity contribution in [3.63, 3.8) is 0 Å². The van der Waals surface area contributed by atoms with Crippen LogP contribution < -0.4 is 15.9 Å². The van der Waals surface area contributed by atoms with Crippen LogP contribution in [0.4, 0.5) is 0 Å². The standard InChI is InChI=1S/C44H29OP/c45-46(30-15-3-1-4-16-30,31-17-5-2-6-18-31)43-28-27-37(33-20-9-12-24-38(33)43)41-29-42-35-22-8-7-19-32(35)34-21-10-13-25-39(34)44(42)40-26-14-11-23-36(40)41/h1-29H. The number of benzene rings is 9. The molecule has 0 aliphatic carbocycles. The molecule has 0 aliphatic rings. The monoisotopic (exact) mass is 604 g/mol. The fraction of sp³-hybridized carbons (Fsp3) is 0. The van der Waals surface area contributed by atoms with Gasteiger partial charge in [-0.15, -0.1) is 0 Å². The lowest BCUT2D eigenvalue weighted by Gasteiger charge is -2.23. The Balaban J connectivity index is 1.40. The Morgan fingerprint density at radius 2 is 0.696 bits per heavy atom. The van der Waals surface area contributed by atoms with E-state index in [-0.39, 0.29) is 0 Å². The van der Waals surface area contributed by atoms with Crippen LogP contribution in [0.2, 0.25) is 0 Å². The van der Waals surface area contributed by atoms with Gasteiger partial charge < -0.3 is 4.57 Å². The maximum atomic E-state index is 15.5. The lowest BCUT2D eigenvalue weighted by molar-refractivity contribution is 0.592. The summed E-state index contributed by atoms with van der Waals surface area (Å²) in [6.45, 7) is 0. The third-order valence-electron chi connectivity index (χ3n) is 9.52. The first-order chi connectivity index (χ1) is 22.7. The van der Waals surface area contributed by atoms with Crippen molar-refractivity contribution in [3.05, 3.63) is 176 Å². The topological polar surface area (TPSA) is 17.1 Å². The Labute approximate surface area is 267 Å². The van der Waals surface area contributed by atoms with Crippen LogP contribution in [0.1, 0.15) is 0 Å². The van der Waals surface area contributed by atoms with E-state index in [1.165, 1.54) is 48.7 Å². The third-order valence-corrected chi connectivity index (χ3v) is 12.6. The van der Waals surface area contributed by atoms with Gasteiger partial charge in [0.15, 0.2) is 7.14 Å². The minimum atomic E-state index is -3.18. The maximum Gasteiger partial charge on any atom is 0.171 e. The third kappa shape index (κ3) is 3.92. The second-order valence-electron chi connectivity index (χ2n) is 11.9. The smallest absolute Gasteiger partial charge is 0.171 e. The Bertz CT molecular complexity index is 2610. The van der Waals surface area contributed by atoms with E-state index < -0.39 is 7.14 Å². The van der Waals surface area contributed by atoms with E-state index in [1.54, 1.807) is 0 Å². The van der Waals surface area contributed by atoms with Gasteiger partial charge in [0.2, 0.25) is 0 Å². The molecule has 0 unspecified atom stereocenters. The molecule has 0 heterocycles. The van der Waals surface area contributed by atoms with Gasteiger partial charge in [-0.2, -0.15) is 0 Å². The molecular formula is C44H29OP. The Morgan fingerprint density at radius 3 is 1.26 bits per heavy atom. The maximum absolute atomic E-state index is 15.5. The van der Waals surface area contributed by atoms with Gasteiger partial charge in [0.1, 0.15) is 0 Å². The molecule has 0 amide bonds. The van der Waals surface area contributed by atoms with E-state index >= 15 is 4.57 Å². The van der Waals surface area contributed by atoms with Crippen LogP contribution in [0.15, 0.2) is 176 Å². The molecule has 0 bridgehead atoms. The molecule has 0 fully saturated rings. The Kier molecular flexibility index (Phi) is 6.17. The molecular weight excluding hydrogens is 575 g/mol. The van der Waals surface area contributed by atoms with Gasteiger partial charge in [0, 0.05) is 15.9 Å². The first kappa shape index (κ1) is 26.9. The zero-order chi connectivity index (χ0) is 30.7. The summed E-state index contributed by atoms with van der Waals surface area (Å²) in [6.07, 6.45) is 0. The molecule has 1 nitrogen and oxygen atoms in total. The normalized spacial score (nSPS) is 12.0. The molecule has 2 heteroatoms. The molecule has 0 N–H and O–H groups in total. The van der Waals surface area contributed by atoms with Crippen molar-refractivity contribution in [1.82, 2.24) is 0 Å². The molecule has 0 radical (unpaired) electrons. The zero-order valence-electron chi connectivity index (χ0n) is 25.1. The van der Waals surface area contributed by atoms with Gasteiger partial charge in [-0.3, -0.25) is 0 Å². The van der Waals surface area contributed by atoms with Gasteiger partial charge >= 0.3 is 0 Å². The summed E-state index contributed by atoms with van der Waals surface area (Å²) in [5.74, 6) is 0. The van der Waals surface area contributed by atoms with Crippen molar-refractivity contribution < 1.29 is 4.57 Å². The molecule has 0 saturated carbocycles. The quantitative estimate of drug-likeness (QED) is 0.144. The number of hydrogen-bond acceptors (Lipinski definition) is 1. The molecule has 0 saturated heterocycles. The second-order valence-corrected chi connectivity index (χ2v) is 14.7. The summed E-state index contributed by atoms with van der Waals surface area (Å²) >= 11 is 0. The van der Waals surface area contributed by atoms with Crippen LogP contribution in [-0.4, -0.2) is 0 Å². The predicted molar refractivity (Wildman–Crippen MR) is 199 cm³/mol. The minimum absolute atomic E-state index is 0.841. The molecule has 46 heavy (non-hydrogen) atoms. The van der Waals surface area contributed by atoms with Crippen LogP contribution in [0.3, 0.4) is 0 Å². The average Bonchev–Trinajstić information content (AvgIpc) is 3.14. The van der Waals surface area contributed by atoms with Gasteiger partial charge in [-0.25, -0.2) is 0 Å². The molecule has 216 valence electrons. The highest BCUT2D eigenvalue weighted by molar-refractivity contribution is 7.85. The first-order valence-corrected chi connectivity index (χ1v) is 17.4. The highest BCUT2D eigenvalue weighted by Crippen LogP contribution is 2.47. The van der Waals surface area contributed by atoms with Crippen molar-refractivity contribution in [2.24, 2.45) is 0 Å². The summed E-state index contributed by atoms with van der Waals surface area (Å²) in [4.78, 5) is 0. The van der Waals surface area contributed by atoms with Crippen molar-refractivity contribution >= 4 is 76.9 Å². The second kappa shape index (κ2) is 10.6. The molecule has 0 spiro atoms. The molecule has 0 aliphatic heterocycles. The van der Waals surface area contributed by atoms with Crippen LogP contribution >= 0.6 is 7.14 Å². The molecule has 0 atom stereocenters. The summed E-state index contributed by atoms with van der Waals surface area (Å²) in [7, 11) is -3.18. The Morgan fingerprint density at radius 1 is 0.304 bits per heavy atom. The fourth-order valence-electron chi connectivity index (χ4n) is 7.49. The van der Waals surface area contributed by atoms with Crippen LogP contribution in [-0.2, 0) is 4.57 Å². The van der Waals surface area contributed by atoms with E-state index in [0.29, 0.717) is 0 Å². The summed E-state index contributed by atoms with van der Waals surface area (Å²) in [5, 5.41) is 14.7. The summed E-state index contributed by atoms with van der Waals surface area (Å²) in [6, 6.07) is 61.4. The SMILES string of the molecule is O=P(c1ccccc1)(c1ccccc1)c1ccc(-c2cc3c4ccccc4c4ccccc4c3c3ccccc23)c2ccccc12. The zero-order valence-corrected chi connectivity index (χ0v) is 26.0. The molecule has 9 aromatic rings. The summed E-state index contributed by atoms with van der Waals surface area (Å²) < 4.78 is 15.5. The minimum Gasteiger partial charge on any atom is -0.309 e. The van der Waals surface area contributed by atoms with Crippen molar-refractivity contribution in [2.45, 2.75) is 0 Å². The van der Waals surface area contributed by atoms with E-state index in [0.717, 1.165) is 32.2 Å². The van der Waals surface area contributed by atoms with Crippen molar-refractivity contribution in [2.75, 3.05) is 0 Å². The van der Waals surface area contributed by atoms with Gasteiger partial charge in [-0.05, 0) is 77.1 Å². The number of rotatable bonds is 4. The molecule has 9 aromatic carbocycles. The molecule has 9 rings (SSSR count). The highest BCUT2D eigenvalue weighted by atomic mass is 31.2. The largest absolute Gasteiger partial charge is 0.309 e. The van der Waals surface area contributed by atoms with Crippen molar-refractivity contribution in [3.8, 4) is 11.1 Å². The van der Waals surface area contributed by atoms with E-state index in [4.69, 9.17) is 0 Å². The first-order valence-electron chi connectivity index (χ1n) is 15.7.